The highest BCUT2D eigenvalue weighted by Crippen LogP contribution is 2.29. The minimum atomic E-state index is -1.08. The lowest BCUT2D eigenvalue weighted by molar-refractivity contribution is -0.143. The molecule has 2 aromatic rings. The van der Waals surface area contributed by atoms with Crippen molar-refractivity contribution in [3.8, 4) is 10.6 Å². The Morgan fingerprint density at radius 2 is 1.71 bits per heavy atom. The first-order chi connectivity index (χ1) is 13.2. The van der Waals surface area contributed by atoms with Gasteiger partial charge in [0.05, 0.1) is 5.69 Å². The highest BCUT2D eigenvalue weighted by atomic mass is 35.5. The van der Waals surface area contributed by atoms with Crippen LogP contribution in [-0.4, -0.2) is 39.2 Å². The second-order valence-corrected chi connectivity index (χ2v) is 8.65. The van der Waals surface area contributed by atoms with Gasteiger partial charge in [-0.1, -0.05) is 37.0 Å². The zero-order valence-corrected chi connectivity index (χ0v) is 17.8. The molecule has 0 aliphatic rings. The van der Waals surface area contributed by atoms with E-state index in [9.17, 15) is 19.8 Å². The molecule has 0 bridgehead atoms. The Bertz CT molecular complexity index is 821. The molecule has 9 heteroatoms. The van der Waals surface area contributed by atoms with Crippen molar-refractivity contribution in [2.45, 2.75) is 45.2 Å². The van der Waals surface area contributed by atoms with Gasteiger partial charge in [-0.25, -0.2) is 4.98 Å². The number of hydrogen-bond donors (Lipinski definition) is 3. The van der Waals surface area contributed by atoms with Crippen LogP contribution in [0.1, 0.15) is 32.4 Å². The summed E-state index contributed by atoms with van der Waals surface area (Å²) in [5.41, 5.74) is 1.53. The second kappa shape index (κ2) is 10.2. The van der Waals surface area contributed by atoms with Gasteiger partial charge in [0, 0.05) is 21.0 Å². The minimum absolute atomic E-state index is 0.133. The molecule has 1 aromatic heterocycles. The SMILES string of the molecule is CC(C)CC(NC(CCc1csc(-c2cc(Cl)cc(Cl)c2)n1)C(=O)O)C(=O)O. The molecular weight excluding hydrogens is 423 g/mol. The van der Waals surface area contributed by atoms with E-state index >= 15 is 0 Å². The molecule has 1 heterocycles. The molecule has 0 saturated carbocycles. The molecule has 152 valence electrons. The van der Waals surface area contributed by atoms with E-state index in [0.29, 0.717) is 22.9 Å². The van der Waals surface area contributed by atoms with Crippen LogP contribution in [0.15, 0.2) is 23.6 Å². The maximum Gasteiger partial charge on any atom is 0.320 e. The van der Waals surface area contributed by atoms with E-state index in [2.05, 4.69) is 10.3 Å². The lowest BCUT2D eigenvalue weighted by atomic mass is 10.0. The van der Waals surface area contributed by atoms with Crippen LogP contribution in [0.3, 0.4) is 0 Å². The summed E-state index contributed by atoms with van der Waals surface area (Å²) >= 11 is 13.5. The van der Waals surface area contributed by atoms with Crippen molar-refractivity contribution in [1.82, 2.24) is 10.3 Å². The molecule has 2 unspecified atom stereocenters. The van der Waals surface area contributed by atoms with Crippen molar-refractivity contribution in [3.05, 3.63) is 39.3 Å². The number of aromatic nitrogens is 1. The van der Waals surface area contributed by atoms with Gasteiger partial charge in [-0.05, 0) is 43.4 Å². The molecule has 0 aliphatic heterocycles. The molecule has 2 rings (SSSR count). The van der Waals surface area contributed by atoms with Crippen LogP contribution >= 0.6 is 34.5 Å². The van der Waals surface area contributed by atoms with E-state index in [4.69, 9.17) is 23.2 Å². The fraction of sp³-hybridized carbons (Fsp3) is 0.421. The molecule has 1 aromatic carbocycles. The highest BCUT2D eigenvalue weighted by molar-refractivity contribution is 7.13. The Kier molecular flexibility index (Phi) is 8.24. The summed E-state index contributed by atoms with van der Waals surface area (Å²) in [6.45, 7) is 3.79. The van der Waals surface area contributed by atoms with Gasteiger partial charge >= 0.3 is 11.9 Å². The molecule has 6 nitrogen and oxygen atoms in total. The number of halogens is 2. The summed E-state index contributed by atoms with van der Waals surface area (Å²) in [6, 6.07) is 3.30. The summed E-state index contributed by atoms with van der Waals surface area (Å²) in [5, 5.41) is 25.1. The summed E-state index contributed by atoms with van der Waals surface area (Å²) < 4.78 is 0. The third-order valence-corrected chi connectivity index (χ3v) is 5.43. The standard InChI is InChI=1S/C19H22Cl2N2O4S/c1-10(2)5-16(19(26)27)23-15(18(24)25)4-3-14-9-28-17(22-14)11-6-12(20)8-13(21)7-11/h6-10,15-16,23H,3-5H2,1-2H3,(H,24,25)(H,26,27). The maximum atomic E-state index is 11.6. The predicted octanol–water partition coefficient (Wildman–Crippen LogP) is 4.59. The van der Waals surface area contributed by atoms with Crippen LogP contribution in [0.4, 0.5) is 0 Å². The number of aliphatic carboxylic acids is 2. The number of rotatable bonds is 10. The van der Waals surface area contributed by atoms with Crippen LogP contribution in [0.2, 0.25) is 10.0 Å². The molecule has 28 heavy (non-hydrogen) atoms. The van der Waals surface area contributed by atoms with Crippen LogP contribution in [0, 0.1) is 5.92 Å². The third kappa shape index (κ3) is 6.74. The zero-order valence-electron chi connectivity index (χ0n) is 15.5. The van der Waals surface area contributed by atoms with E-state index in [0.717, 1.165) is 16.3 Å². The molecule has 0 fully saturated rings. The van der Waals surface area contributed by atoms with E-state index < -0.39 is 24.0 Å². The van der Waals surface area contributed by atoms with Crippen molar-refractivity contribution in [2.75, 3.05) is 0 Å². The number of carbonyl (C=O) groups is 2. The minimum Gasteiger partial charge on any atom is -0.480 e. The first-order valence-electron chi connectivity index (χ1n) is 8.78. The first kappa shape index (κ1) is 22.6. The molecule has 0 spiro atoms. The largest absolute Gasteiger partial charge is 0.480 e. The fourth-order valence-corrected chi connectivity index (χ4v) is 4.12. The van der Waals surface area contributed by atoms with Gasteiger partial charge in [0.15, 0.2) is 0 Å². The predicted molar refractivity (Wildman–Crippen MR) is 111 cm³/mol. The van der Waals surface area contributed by atoms with Crippen molar-refractivity contribution < 1.29 is 19.8 Å². The van der Waals surface area contributed by atoms with E-state index in [1.807, 2.05) is 19.2 Å². The van der Waals surface area contributed by atoms with E-state index in [1.165, 1.54) is 11.3 Å². The molecule has 0 amide bonds. The summed E-state index contributed by atoms with van der Waals surface area (Å²) in [7, 11) is 0. The number of benzene rings is 1. The molecule has 0 saturated heterocycles. The average molecular weight is 445 g/mol. The number of nitrogens with one attached hydrogen (secondary N) is 1. The Balaban J connectivity index is 2.05. The fourth-order valence-electron chi connectivity index (χ4n) is 2.76. The van der Waals surface area contributed by atoms with Crippen LogP contribution in [0.5, 0.6) is 0 Å². The lowest BCUT2D eigenvalue weighted by Crippen LogP contribution is -2.48. The Morgan fingerprint density at radius 3 is 2.25 bits per heavy atom. The number of carboxylic acids is 2. The molecule has 3 N–H and O–H groups in total. The number of thiazole rings is 1. The monoisotopic (exact) mass is 444 g/mol. The molecule has 0 aliphatic carbocycles. The Morgan fingerprint density at radius 1 is 1.11 bits per heavy atom. The quantitative estimate of drug-likeness (QED) is 0.495. The number of nitrogens with zero attached hydrogens (tertiary/aromatic N) is 1. The van der Waals surface area contributed by atoms with E-state index in [-0.39, 0.29) is 12.3 Å². The van der Waals surface area contributed by atoms with Crippen molar-refractivity contribution >= 4 is 46.5 Å². The topological polar surface area (TPSA) is 99.5 Å². The van der Waals surface area contributed by atoms with Gasteiger partial charge in [-0.15, -0.1) is 11.3 Å². The van der Waals surface area contributed by atoms with Crippen LogP contribution in [0.25, 0.3) is 10.6 Å². The maximum absolute atomic E-state index is 11.6. The van der Waals surface area contributed by atoms with Gasteiger partial charge in [0.1, 0.15) is 17.1 Å². The number of aryl methyl sites for hydroxylation is 1. The van der Waals surface area contributed by atoms with Crippen molar-refractivity contribution in [3.63, 3.8) is 0 Å². The molecule has 2 atom stereocenters. The van der Waals surface area contributed by atoms with Gasteiger partial charge in [0.25, 0.3) is 0 Å². The van der Waals surface area contributed by atoms with Crippen LogP contribution < -0.4 is 5.32 Å². The normalized spacial score (nSPS) is 13.5. The van der Waals surface area contributed by atoms with Crippen LogP contribution in [-0.2, 0) is 16.0 Å². The number of carboxylic acid groups (broad SMARTS) is 2. The van der Waals surface area contributed by atoms with Crippen molar-refractivity contribution in [1.29, 1.82) is 0 Å². The van der Waals surface area contributed by atoms with Crippen molar-refractivity contribution in [2.24, 2.45) is 5.92 Å². The molecule has 0 radical (unpaired) electrons. The lowest BCUT2D eigenvalue weighted by Gasteiger charge is -2.21. The smallest absolute Gasteiger partial charge is 0.320 e. The first-order valence-corrected chi connectivity index (χ1v) is 10.4. The average Bonchev–Trinajstić information content (AvgIpc) is 3.04. The van der Waals surface area contributed by atoms with Gasteiger partial charge < -0.3 is 10.2 Å². The van der Waals surface area contributed by atoms with Gasteiger partial charge in [0.2, 0.25) is 0 Å². The third-order valence-electron chi connectivity index (χ3n) is 4.06. The van der Waals surface area contributed by atoms with Gasteiger partial charge in [-0.3, -0.25) is 14.9 Å². The summed E-state index contributed by atoms with van der Waals surface area (Å²) in [5.74, 6) is -1.99. The number of hydrogen-bond acceptors (Lipinski definition) is 5. The Hall–Kier alpha value is -1.67. The Labute approximate surface area is 177 Å². The summed E-state index contributed by atoms with van der Waals surface area (Å²) in [4.78, 5) is 27.5. The zero-order chi connectivity index (χ0) is 20.8. The van der Waals surface area contributed by atoms with Gasteiger partial charge in [-0.2, -0.15) is 0 Å². The summed E-state index contributed by atoms with van der Waals surface area (Å²) in [6.07, 6.45) is 0.995. The molecular formula is C19H22Cl2N2O4S. The highest BCUT2D eigenvalue weighted by Gasteiger charge is 2.26. The van der Waals surface area contributed by atoms with E-state index in [1.54, 1.807) is 18.2 Å². The second-order valence-electron chi connectivity index (χ2n) is 6.92.